The van der Waals surface area contributed by atoms with Gasteiger partial charge in [0.05, 0.1) is 12.0 Å². The molecule has 1 fully saturated rings. The minimum atomic E-state index is -0.276. The van der Waals surface area contributed by atoms with Crippen molar-refractivity contribution in [1.82, 2.24) is 4.90 Å². The molecule has 1 saturated heterocycles. The highest BCUT2D eigenvalue weighted by molar-refractivity contribution is 7.20. The molecule has 3 aromatic rings. The summed E-state index contributed by atoms with van der Waals surface area (Å²) >= 11 is 1.36. The molecule has 0 N–H and O–H groups in total. The summed E-state index contributed by atoms with van der Waals surface area (Å²) in [5, 5.41) is 0.526. The zero-order valence-corrected chi connectivity index (χ0v) is 15.3. The van der Waals surface area contributed by atoms with Gasteiger partial charge >= 0.3 is 0 Å². The van der Waals surface area contributed by atoms with Crippen LogP contribution >= 0.6 is 11.3 Å². The number of benzene rings is 2. The monoisotopic (exact) mass is 370 g/mol. The van der Waals surface area contributed by atoms with Crippen LogP contribution in [0.25, 0.3) is 10.1 Å². The van der Waals surface area contributed by atoms with Crippen LogP contribution in [0.4, 0.5) is 10.1 Å². The van der Waals surface area contributed by atoms with E-state index in [1.807, 2.05) is 35.2 Å². The molecule has 1 aromatic heterocycles. The van der Waals surface area contributed by atoms with Gasteiger partial charge in [-0.1, -0.05) is 6.07 Å². The number of piperazine rings is 1. The Morgan fingerprint density at radius 1 is 1.08 bits per heavy atom. The van der Waals surface area contributed by atoms with E-state index in [0.29, 0.717) is 23.4 Å². The van der Waals surface area contributed by atoms with Gasteiger partial charge in [-0.25, -0.2) is 4.39 Å². The third-order valence-electron chi connectivity index (χ3n) is 4.72. The Morgan fingerprint density at radius 2 is 1.81 bits per heavy atom. The Labute approximate surface area is 155 Å². The lowest BCUT2D eigenvalue weighted by atomic mass is 10.2. The number of carbonyl (C=O) groups is 1. The lowest BCUT2D eigenvalue weighted by Crippen LogP contribution is -2.48. The maximum absolute atomic E-state index is 13.9. The normalized spacial score (nSPS) is 14.7. The van der Waals surface area contributed by atoms with E-state index in [-0.39, 0.29) is 11.7 Å². The van der Waals surface area contributed by atoms with Gasteiger partial charge in [-0.3, -0.25) is 4.79 Å². The van der Waals surface area contributed by atoms with Crippen molar-refractivity contribution in [3.63, 3.8) is 0 Å². The maximum Gasteiger partial charge on any atom is 0.264 e. The molecule has 6 heteroatoms. The predicted octanol–water partition coefficient (Wildman–Crippen LogP) is 4.01. The number of hydrogen-bond acceptors (Lipinski definition) is 4. The molecule has 134 valence electrons. The molecule has 1 aliphatic heterocycles. The first-order valence-corrected chi connectivity index (χ1v) is 9.34. The van der Waals surface area contributed by atoms with Crippen molar-refractivity contribution in [2.45, 2.75) is 0 Å². The summed E-state index contributed by atoms with van der Waals surface area (Å²) < 4.78 is 19.9. The first-order valence-electron chi connectivity index (χ1n) is 8.52. The highest BCUT2D eigenvalue weighted by Crippen LogP contribution is 2.29. The summed E-state index contributed by atoms with van der Waals surface area (Å²) in [6.45, 7) is 2.86. The first-order chi connectivity index (χ1) is 12.7. The number of rotatable bonds is 3. The number of amides is 1. The molecule has 26 heavy (non-hydrogen) atoms. The smallest absolute Gasteiger partial charge is 0.264 e. The maximum atomic E-state index is 13.9. The van der Waals surface area contributed by atoms with Crippen LogP contribution in [0.5, 0.6) is 5.75 Å². The lowest BCUT2D eigenvalue weighted by molar-refractivity contribution is 0.0752. The van der Waals surface area contributed by atoms with Gasteiger partial charge in [-0.05, 0) is 42.5 Å². The summed E-state index contributed by atoms with van der Waals surface area (Å²) in [7, 11) is 1.65. The van der Waals surface area contributed by atoms with E-state index in [9.17, 15) is 9.18 Å². The van der Waals surface area contributed by atoms with Crippen LogP contribution < -0.4 is 9.64 Å². The van der Waals surface area contributed by atoms with Crippen LogP contribution in [0.3, 0.4) is 0 Å². The quantitative estimate of drug-likeness (QED) is 0.698. The minimum absolute atomic E-state index is 0.0139. The molecule has 1 aliphatic rings. The van der Waals surface area contributed by atoms with Gasteiger partial charge in [0.2, 0.25) is 0 Å². The molecule has 4 nitrogen and oxygen atoms in total. The average molecular weight is 370 g/mol. The number of thiophene rings is 1. The van der Waals surface area contributed by atoms with Gasteiger partial charge in [-0.2, -0.15) is 0 Å². The topological polar surface area (TPSA) is 32.8 Å². The fourth-order valence-electron chi connectivity index (χ4n) is 3.25. The van der Waals surface area contributed by atoms with Gasteiger partial charge in [0.1, 0.15) is 11.6 Å². The standard InChI is InChI=1S/C20H19FN2O2S/c1-25-15-7-5-14(6-8-15)22-9-11-23(12-10-22)20(24)19-13-16-17(21)3-2-4-18(16)26-19/h2-8,13H,9-12H2,1H3. The molecule has 0 unspecified atom stereocenters. The van der Waals surface area contributed by atoms with E-state index in [4.69, 9.17) is 4.74 Å². The summed E-state index contributed by atoms with van der Waals surface area (Å²) in [6, 6.07) is 14.6. The van der Waals surface area contributed by atoms with Crippen LogP contribution in [0.15, 0.2) is 48.5 Å². The average Bonchev–Trinajstić information content (AvgIpc) is 3.13. The molecule has 1 amide bonds. The molecular weight excluding hydrogens is 351 g/mol. The minimum Gasteiger partial charge on any atom is -0.497 e. The molecule has 0 spiro atoms. The van der Waals surface area contributed by atoms with E-state index in [2.05, 4.69) is 4.90 Å². The van der Waals surface area contributed by atoms with Gasteiger partial charge in [0.25, 0.3) is 5.91 Å². The number of methoxy groups -OCH3 is 1. The Morgan fingerprint density at radius 3 is 2.46 bits per heavy atom. The van der Waals surface area contributed by atoms with Crippen LogP contribution in [0, 0.1) is 5.82 Å². The van der Waals surface area contributed by atoms with Crippen LogP contribution in [0.1, 0.15) is 9.67 Å². The third kappa shape index (κ3) is 3.12. The van der Waals surface area contributed by atoms with E-state index in [0.717, 1.165) is 29.2 Å². The first kappa shape index (κ1) is 16.8. The number of fused-ring (bicyclic) bond motifs is 1. The van der Waals surface area contributed by atoms with Crippen molar-refractivity contribution in [1.29, 1.82) is 0 Å². The number of carbonyl (C=O) groups excluding carboxylic acids is 1. The molecule has 0 aliphatic carbocycles. The van der Waals surface area contributed by atoms with Crippen molar-refractivity contribution < 1.29 is 13.9 Å². The molecule has 0 radical (unpaired) electrons. The zero-order valence-electron chi connectivity index (χ0n) is 14.4. The van der Waals surface area contributed by atoms with Gasteiger partial charge in [0.15, 0.2) is 0 Å². The Hall–Kier alpha value is -2.60. The summed E-state index contributed by atoms with van der Waals surface area (Å²) in [6.07, 6.45) is 0. The van der Waals surface area contributed by atoms with E-state index in [1.54, 1.807) is 19.2 Å². The number of nitrogens with zero attached hydrogens (tertiary/aromatic N) is 2. The Balaban J connectivity index is 1.44. The van der Waals surface area contributed by atoms with Crippen molar-refractivity contribution in [2.24, 2.45) is 0 Å². The number of ether oxygens (including phenoxy) is 1. The molecule has 0 atom stereocenters. The second kappa shape index (κ2) is 6.96. The van der Waals surface area contributed by atoms with Crippen molar-refractivity contribution >= 4 is 33.0 Å². The van der Waals surface area contributed by atoms with Gasteiger partial charge in [0, 0.05) is 42.0 Å². The third-order valence-corrected chi connectivity index (χ3v) is 5.81. The van der Waals surface area contributed by atoms with Crippen LogP contribution in [0.2, 0.25) is 0 Å². The number of anilines is 1. The van der Waals surface area contributed by atoms with Crippen LogP contribution in [-0.2, 0) is 0 Å². The van der Waals surface area contributed by atoms with E-state index >= 15 is 0 Å². The van der Waals surface area contributed by atoms with E-state index < -0.39 is 0 Å². The fraction of sp³-hybridized carbons (Fsp3) is 0.250. The van der Waals surface area contributed by atoms with E-state index in [1.165, 1.54) is 17.4 Å². The molecular formula is C20H19FN2O2S. The summed E-state index contributed by atoms with van der Waals surface area (Å²) in [5.41, 5.74) is 1.13. The highest BCUT2D eigenvalue weighted by atomic mass is 32.1. The molecule has 4 rings (SSSR count). The summed E-state index contributed by atoms with van der Waals surface area (Å²) in [5.74, 6) is 0.543. The largest absolute Gasteiger partial charge is 0.497 e. The number of hydrogen-bond donors (Lipinski definition) is 0. The second-order valence-electron chi connectivity index (χ2n) is 6.24. The second-order valence-corrected chi connectivity index (χ2v) is 7.32. The molecule has 0 saturated carbocycles. The predicted molar refractivity (Wildman–Crippen MR) is 103 cm³/mol. The fourth-order valence-corrected chi connectivity index (χ4v) is 4.29. The van der Waals surface area contributed by atoms with Crippen molar-refractivity contribution in [2.75, 3.05) is 38.2 Å². The molecule has 2 aromatic carbocycles. The summed E-state index contributed by atoms with van der Waals surface area (Å²) in [4.78, 5) is 17.5. The van der Waals surface area contributed by atoms with Crippen molar-refractivity contribution in [3.8, 4) is 5.75 Å². The highest BCUT2D eigenvalue weighted by Gasteiger charge is 2.24. The molecule has 0 bridgehead atoms. The SMILES string of the molecule is COc1ccc(N2CCN(C(=O)c3cc4c(F)cccc4s3)CC2)cc1. The van der Waals surface area contributed by atoms with Crippen LogP contribution in [-0.4, -0.2) is 44.1 Å². The van der Waals surface area contributed by atoms with Gasteiger partial charge in [-0.15, -0.1) is 11.3 Å². The lowest BCUT2D eigenvalue weighted by Gasteiger charge is -2.36. The Kier molecular flexibility index (Phi) is 4.51. The zero-order chi connectivity index (χ0) is 18.1. The van der Waals surface area contributed by atoms with Crippen molar-refractivity contribution in [3.05, 3.63) is 59.2 Å². The molecule has 2 heterocycles. The van der Waals surface area contributed by atoms with Gasteiger partial charge < -0.3 is 14.5 Å². The number of halogens is 1. The Bertz CT molecular complexity index is 931.